The van der Waals surface area contributed by atoms with Crippen molar-refractivity contribution in [1.82, 2.24) is 19.7 Å². The van der Waals surface area contributed by atoms with Crippen molar-refractivity contribution in [3.8, 4) is 5.69 Å². The van der Waals surface area contributed by atoms with Crippen LogP contribution in [0.15, 0.2) is 64.3 Å². The summed E-state index contributed by atoms with van der Waals surface area (Å²) >= 11 is 1.34. The van der Waals surface area contributed by atoms with Crippen molar-refractivity contribution in [2.24, 2.45) is 0 Å². The van der Waals surface area contributed by atoms with Gasteiger partial charge in [0.05, 0.1) is 18.0 Å². The van der Waals surface area contributed by atoms with Gasteiger partial charge in [-0.05, 0) is 49.2 Å². The number of aromatic nitrogens is 3. The minimum absolute atomic E-state index is 0.141. The molecular weight excluding hydrogens is 391 g/mol. The molecule has 0 unspecified atom stereocenters. The first kappa shape index (κ1) is 19.4. The second-order valence-electron chi connectivity index (χ2n) is 6.90. The fourth-order valence-electron chi connectivity index (χ4n) is 3.03. The van der Waals surface area contributed by atoms with Crippen LogP contribution in [0.25, 0.3) is 5.69 Å². The topological polar surface area (TPSA) is 68.9 Å². The molecule has 1 heterocycles. The molecule has 1 N–H and O–H groups in total. The lowest BCUT2D eigenvalue weighted by Gasteiger charge is -2.05. The first-order chi connectivity index (χ1) is 14.1. The number of hydrogen-bond donors (Lipinski definition) is 1. The molecule has 6 nitrogen and oxygen atoms in total. The van der Waals surface area contributed by atoms with Gasteiger partial charge in [0, 0.05) is 17.4 Å². The van der Waals surface area contributed by atoms with Crippen molar-refractivity contribution >= 4 is 17.7 Å². The monoisotopic (exact) mass is 412 g/mol. The fraction of sp³-hybridized carbons (Fsp3) is 0.286. The Morgan fingerprint density at radius 2 is 1.86 bits per heavy atom. The van der Waals surface area contributed by atoms with Gasteiger partial charge in [-0.1, -0.05) is 18.2 Å². The van der Waals surface area contributed by atoms with Crippen molar-refractivity contribution in [2.75, 3.05) is 12.3 Å². The summed E-state index contributed by atoms with van der Waals surface area (Å²) in [5.41, 5.74) is 0.624. The van der Waals surface area contributed by atoms with Crippen LogP contribution in [0, 0.1) is 5.82 Å². The molecule has 0 radical (unpaired) electrons. The third-order valence-corrected chi connectivity index (χ3v) is 5.66. The highest BCUT2D eigenvalue weighted by molar-refractivity contribution is 8.00. The molecule has 0 atom stereocenters. The van der Waals surface area contributed by atoms with Crippen LogP contribution in [0.5, 0.6) is 0 Å². The van der Waals surface area contributed by atoms with Gasteiger partial charge in [-0.3, -0.25) is 4.79 Å². The van der Waals surface area contributed by atoms with E-state index in [9.17, 15) is 14.0 Å². The Labute approximate surface area is 171 Å². The molecule has 8 heteroatoms. The molecule has 1 aliphatic rings. The van der Waals surface area contributed by atoms with Crippen molar-refractivity contribution in [2.45, 2.75) is 30.2 Å². The Bertz CT molecular complexity index is 1040. The summed E-state index contributed by atoms with van der Waals surface area (Å²) in [6.07, 6.45) is 2.08. The van der Waals surface area contributed by atoms with Crippen molar-refractivity contribution in [3.63, 3.8) is 0 Å². The molecule has 0 aliphatic heterocycles. The maximum atomic E-state index is 12.9. The maximum absolute atomic E-state index is 12.9. The average molecular weight is 412 g/mol. The molecule has 1 fully saturated rings. The predicted octanol–water partition coefficient (Wildman–Crippen LogP) is 2.96. The van der Waals surface area contributed by atoms with E-state index < -0.39 is 0 Å². The Kier molecular flexibility index (Phi) is 5.80. The zero-order valence-electron chi connectivity index (χ0n) is 15.8. The van der Waals surface area contributed by atoms with Crippen LogP contribution in [0.2, 0.25) is 0 Å². The van der Waals surface area contributed by atoms with Crippen molar-refractivity contribution in [3.05, 3.63) is 76.7 Å². The lowest BCUT2D eigenvalue weighted by molar-refractivity contribution is -0.118. The number of carbonyl (C=O) groups excluding carboxylic acids is 1. The predicted molar refractivity (Wildman–Crippen MR) is 110 cm³/mol. The van der Waals surface area contributed by atoms with E-state index >= 15 is 0 Å². The molecular formula is C21H21FN4O2S. The summed E-state index contributed by atoms with van der Waals surface area (Å²) in [4.78, 5) is 25.7. The Hall–Kier alpha value is -2.87. The van der Waals surface area contributed by atoms with Crippen molar-refractivity contribution in [1.29, 1.82) is 0 Å². The van der Waals surface area contributed by atoms with Crippen molar-refractivity contribution < 1.29 is 9.18 Å². The van der Waals surface area contributed by atoms with E-state index in [1.807, 2.05) is 30.3 Å². The second kappa shape index (κ2) is 8.65. The smallest absolute Gasteiger partial charge is 0.350 e. The quantitative estimate of drug-likeness (QED) is 0.578. The van der Waals surface area contributed by atoms with E-state index in [0.717, 1.165) is 29.2 Å². The zero-order chi connectivity index (χ0) is 20.2. The van der Waals surface area contributed by atoms with Crippen LogP contribution in [0.3, 0.4) is 0 Å². The Balaban J connectivity index is 1.36. The molecule has 3 aromatic rings. The summed E-state index contributed by atoms with van der Waals surface area (Å²) in [7, 11) is 0. The Morgan fingerprint density at radius 3 is 2.55 bits per heavy atom. The van der Waals surface area contributed by atoms with E-state index in [1.54, 1.807) is 16.7 Å². The molecule has 4 rings (SSSR count). The summed E-state index contributed by atoms with van der Waals surface area (Å²) in [6.45, 7) is 0.629. The Morgan fingerprint density at radius 1 is 1.14 bits per heavy atom. The van der Waals surface area contributed by atoms with Gasteiger partial charge < -0.3 is 5.32 Å². The molecule has 29 heavy (non-hydrogen) atoms. The van der Waals surface area contributed by atoms with E-state index in [4.69, 9.17) is 0 Å². The van der Waals surface area contributed by atoms with Crippen LogP contribution >= 0.6 is 11.8 Å². The summed E-state index contributed by atoms with van der Waals surface area (Å²) in [5.74, 6) is 0.902. The van der Waals surface area contributed by atoms with Crippen LogP contribution in [-0.2, 0) is 11.3 Å². The third-order valence-electron chi connectivity index (χ3n) is 4.65. The number of hydrogen-bond acceptors (Lipinski definition) is 4. The molecule has 0 saturated heterocycles. The van der Waals surface area contributed by atoms with Crippen LogP contribution in [0.4, 0.5) is 4.39 Å². The first-order valence-corrected chi connectivity index (χ1v) is 10.5. The largest absolute Gasteiger partial charge is 0.354 e. The summed E-state index contributed by atoms with van der Waals surface area (Å²) < 4.78 is 16.0. The van der Waals surface area contributed by atoms with Gasteiger partial charge in [0.25, 0.3) is 0 Å². The first-order valence-electron chi connectivity index (χ1n) is 9.52. The fourth-order valence-corrected chi connectivity index (χ4v) is 3.76. The van der Waals surface area contributed by atoms with Crippen LogP contribution < -0.4 is 11.0 Å². The van der Waals surface area contributed by atoms with Crippen LogP contribution in [0.1, 0.15) is 24.6 Å². The molecule has 0 bridgehead atoms. The highest BCUT2D eigenvalue weighted by atomic mass is 32.2. The van der Waals surface area contributed by atoms with Gasteiger partial charge in [0.15, 0.2) is 0 Å². The molecule has 150 valence electrons. The van der Waals surface area contributed by atoms with Gasteiger partial charge in [-0.15, -0.1) is 11.8 Å². The molecule has 1 aromatic heterocycles. The normalized spacial score (nSPS) is 13.4. The molecule has 2 aromatic carbocycles. The van der Waals surface area contributed by atoms with Gasteiger partial charge in [-0.2, -0.15) is 5.10 Å². The highest BCUT2D eigenvalue weighted by Gasteiger charge is 2.31. The lowest BCUT2D eigenvalue weighted by atomic mass is 10.3. The number of carbonyl (C=O) groups is 1. The van der Waals surface area contributed by atoms with Gasteiger partial charge in [0.2, 0.25) is 5.91 Å². The SMILES string of the molecule is O=C(CSc1ccc(F)cc1)NCCn1nc(C2CC2)n(-c2ccccc2)c1=O. The number of amides is 1. The number of nitrogens with zero attached hydrogens (tertiary/aromatic N) is 3. The van der Waals surface area contributed by atoms with Gasteiger partial charge in [-0.25, -0.2) is 18.4 Å². The van der Waals surface area contributed by atoms with Gasteiger partial charge in [0.1, 0.15) is 11.6 Å². The molecule has 1 aliphatic carbocycles. The van der Waals surface area contributed by atoms with E-state index in [1.165, 1.54) is 28.6 Å². The number of benzene rings is 2. The number of rotatable bonds is 8. The number of nitrogens with one attached hydrogen (secondary N) is 1. The van der Waals surface area contributed by atoms with Crippen LogP contribution in [-0.4, -0.2) is 32.6 Å². The molecule has 1 saturated carbocycles. The second-order valence-corrected chi connectivity index (χ2v) is 7.95. The number of thioether (sulfide) groups is 1. The van der Waals surface area contributed by atoms with Gasteiger partial charge >= 0.3 is 5.69 Å². The summed E-state index contributed by atoms with van der Waals surface area (Å²) in [5, 5.41) is 7.33. The highest BCUT2D eigenvalue weighted by Crippen LogP contribution is 2.39. The third kappa shape index (κ3) is 4.76. The number of para-hydroxylation sites is 1. The lowest BCUT2D eigenvalue weighted by Crippen LogP contribution is -2.32. The minimum Gasteiger partial charge on any atom is -0.354 e. The average Bonchev–Trinajstić information content (AvgIpc) is 3.53. The van der Waals surface area contributed by atoms with E-state index in [2.05, 4.69) is 10.4 Å². The standard InChI is InChI=1S/C21H21FN4O2S/c22-16-8-10-18(11-9-16)29-14-19(27)23-12-13-25-21(28)26(17-4-2-1-3-5-17)20(24-25)15-6-7-15/h1-5,8-11,15H,6-7,12-14H2,(H,23,27). The summed E-state index contributed by atoms with van der Waals surface area (Å²) in [6, 6.07) is 15.5. The zero-order valence-corrected chi connectivity index (χ0v) is 16.6. The molecule has 0 spiro atoms. The molecule has 1 amide bonds. The minimum atomic E-state index is -0.301. The number of halogens is 1. The van der Waals surface area contributed by atoms with E-state index in [-0.39, 0.29) is 23.2 Å². The maximum Gasteiger partial charge on any atom is 0.350 e. The van der Waals surface area contributed by atoms with E-state index in [0.29, 0.717) is 19.0 Å².